The zero-order chi connectivity index (χ0) is 13.5. The Morgan fingerprint density at radius 3 is 2.41 bits per heavy atom. The summed E-state index contributed by atoms with van der Waals surface area (Å²) in [6.45, 7) is 4.79. The topological polar surface area (TPSA) is 93.1 Å². The minimum Gasteiger partial charge on any atom is -0.385 e. The number of ether oxygens (including phenoxy) is 1. The Balaban J connectivity index is 4.37. The van der Waals surface area contributed by atoms with Crippen LogP contribution in [0.4, 0.5) is 0 Å². The van der Waals surface area contributed by atoms with Gasteiger partial charge in [-0.05, 0) is 5.92 Å². The number of hydrogen-bond acceptors (Lipinski definition) is 6. The Bertz CT molecular complexity index is 326. The van der Waals surface area contributed by atoms with Crippen LogP contribution in [0.5, 0.6) is 0 Å². The fourth-order valence-electron chi connectivity index (χ4n) is 0.901. The van der Waals surface area contributed by atoms with Crippen molar-refractivity contribution in [3.63, 3.8) is 0 Å². The fraction of sp³-hybridized carbons (Fsp3) is 0.889. The molecule has 0 rings (SSSR count). The van der Waals surface area contributed by atoms with Crippen LogP contribution in [0.2, 0.25) is 0 Å². The lowest BCUT2D eigenvalue weighted by molar-refractivity contribution is -0.137. The Morgan fingerprint density at radius 1 is 1.41 bits per heavy atom. The molecule has 7 nitrogen and oxygen atoms in total. The predicted molar refractivity (Wildman–Crippen MR) is 60.1 cm³/mol. The van der Waals surface area contributed by atoms with E-state index in [0.717, 1.165) is 4.31 Å². The standard InChI is InChI=1S/C9H19NO6S/c1-4-10(7-15-6-8(2)3)17(13,14)16-9(12)5-11/h8,11H,4-7H2,1-3H3. The molecule has 0 aliphatic heterocycles. The smallest absolute Gasteiger partial charge is 0.385 e. The summed E-state index contributed by atoms with van der Waals surface area (Å²) in [5.74, 6) is -0.941. The van der Waals surface area contributed by atoms with Crippen molar-refractivity contribution < 1.29 is 27.2 Å². The molecule has 0 saturated carbocycles. The Labute approximate surface area is 102 Å². The van der Waals surface area contributed by atoms with Gasteiger partial charge in [0.05, 0.1) is 6.61 Å². The molecule has 0 aliphatic carbocycles. The van der Waals surface area contributed by atoms with Crippen LogP contribution >= 0.6 is 0 Å². The molecule has 0 amide bonds. The molecule has 0 fully saturated rings. The van der Waals surface area contributed by atoms with E-state index in [2.05, 4.69) is 4.18 Å². The Hall–Kier alpha value is -0.700. The van der Waals surface area contributed by atoms with Crippen LogP contribution in [0.15, 0.2) is 0 Å². The summed E-state index contributed by atoms with van der Waals surface area (Å²) in [4.78, 5) is 10.7. The molecule has 0 aromatic carbocycles. The molecule has 0 spiro atoms. The second-order valence-corrected chi connectivity index (χ2v) is 5.27. The van der Waals surface area contributed by atoms with Crippen LogP contribution < -0.4 is 0 Å². The van der Waals surface area contributed by atoms with Gasteiger partial charge >= 0.3 is 16.3 Å². The summed E-state index contributed by atoms with van der Waals surface area (Å²) in [6, 6.07) is 0. The Morgan fingerprint density at radius 2 is 2.00 bits per heavy atom. The summed E-state index contributed by atoms with van der Waals surface area (Å²) in [6.07, 6.45) is 0. The van der Waals surface area contributed by atoms with Gasteiger partial charge in [0.15, 0.2) is 0 Å². The third-order valence-electron chi connectivity index (χ3n) is 1.68. The van der Waals surface area contributed by atoms with Gasteiger partial charge in [-0.2, -0.15) is 8.42 Å². The zero-order valence-corrected chi connectivity index (χ0v) is 11.1. The van der Waals surface area contributed by atoms with Gasteiger partial charge in [0.2, 0.25) is 0 Å². The van der Waals surface area contributed by atoms with Gasteiger partial charge in [0.1, 0.15) is 13.3 Å². The van der Waals surface area contributed by atoms with E-state index in [1.807, 2.05) is 13.8 Å². The highest BCUT2D eigenvalue weighted by atomic mass is 32.2. The maximum Gasteiger partial charge on any atom is 0.389 e. The van der Waals surface area contributed by atoms with Gasteiger partial charge in [-0.3, -0.25) is 0 Å². The van der Waals surface area contributed by atoms with Crippen LogP contribution in [-0.4, -0.2) is 50.3 Å². The van der Waals surface area contributed by atoms with Crippen LogP contribution in [-0.2, 0) is 24.0 Å². The van der Waals surface area contributed by atoms with E-state index in [4.69, 9.17) is 9.84 Å². The number of carbonyl (C=O) groups excluding carboxylic acids is 1. The average molecular weight is 269 g/mol. The first-order valence-corrected chi connectivity index (χ1v) is 6.61. The largest absolute Gasteiger partial charge is 0.389 e. The first-order valence-electron chi connectivity index (χ1n) is 5.24. The molecule has 1 N–H and O–H groups in total. The molecule has 0 radical (unpaired) electrons. The van der Waals surface area contributed by atoms with E-state index < -0.39 is 22.9 Å². The van der Waals surface area contributed by atoms with Crippen molar-refractivity contribution in [2.24, 2.45) is 5.92 Å². The van der Waals surface area contributed by atoms with E-state index in [1.165, 1.54) is 0 Å². The van der Waals surface area contributed by atoms with E-state index in [-0.39, 0.29) is 19.2 Å². The third kappa shape index (κ3) is 6.57. The minimum atomic E-state index is -4.18. The molecule has 0 bridgehead atoms. The lowest BCUT2D eigenvalue weighted by atomic mass is 10.2. The van der Waals surface area contributed by atoms with E-state index in [1.54, 1.807) is 6.92 Å². The molecule has 102 valence electrons. The van der Waals surface area contributed by atoms with Crippen molar-refractivity contribution in [2.75, 3.05) is 26.5 Å². The average Bonchev–Trinajstić information content (AvgIpc) is 2.22. The van der Waals surface area contributed by atoms with Crippen molar-refractivity contribution in [1.29, 1.82) is 0 Å². The summed E-state index contributed by atoms with van der Waals surface area (Å²) < 4.78 is 33.1. The second kappa shape index (κ2) is 7.59. The zero-order valence-electron chi connectivity index (χ0n) is 10.2. The maximum absolute atomic E-state index is 11.5. The van der Waals surface area contributed by atoms with Crippen molar-refractivity contribution >= 4 is 16.3 Å². The highest BCUT2D eigenvalue weighted by molar-refractivity contribution is 7.84. The normalized spacial score (nSPS) is 12.1. The monoisotopic (exact) mass is 269 g/mol. The van der Waals surface area contributed by atoms with Gasteiger partial charge in [-0.25, -0.2) is 4.79 Å². The van der Waals surface area contributed by atoms with E-state index >= 15 is 0 Å². The molecule has 0 heterocycles. The quantitative estimate of drug-likeness (QED) is 0.609. The summed E-state index contributed by atoms with van der Waals surface area (Å²) in [5.41, 5.74) is 0. The van der Waals surface area contributed by atoms with Crippen molar-refractivity contribution in [3.8, 4) is 0 Å². The van der Waals surface area contributed by atoms with Crippen LogP contribution in [0.1, 0.15) is 20.8 Å². The number of rotatable bonds is 8. The molecule has 0 aromatic rings. The molecule has 0 unspecified atom stereocenters. The molecule has 17 heavy (non-hydrogen) atoms. The SMILES string of the molecule is CCN(COCC(C)C)S(=O)(=O)OC(=O)CO. The third-order valence-corrected chi connectivity index (χ3v) is 3.08. The lowest BCUT2D eigenvalue weighted by Gasteiger charge is -2.19. The summed E-state index contributed by atoms with van der Waals surface area (Å²) >= 11 is 0. The molecule has 8 heteroatoms. The Kier molecular flexibility index (Phi) is 7.28. The summed E-state index contributed by atoms with van der Waals surface area (Å²) in [5, 5.41) is 8.41. The molecular formula is C9H19NO6S. The van der Waals surface area contributed by atoms with Gasteiger partial charge in [-0.15, -0.1) is 4.31 Å². The lowest BCUT2D eigenvalue weighted by Crippen LogP contribution is -2.36. The number of nitrogens with zero attached hydrogens (tertiary/aromatic N) is 1. The second-order valence-electron chi connectivity index (χ2n) is 3.73. The molecular weight excluding hydrogens is 250 g/mol. The van der Waals surface area contributed by atoms with Crippen LogP contribution in [0.25, 0.3) is 0 Å². The van der Waals surface area contributed by atoms with Crippen molar-refractivity contribution in [2.45, 2.75) is 20.8 Å². The summed E-state index contributed by atoms with van der Waals surface area (Å²) in [7, 11) is -4.18. The van der Waals surface area contributed by atoms with Crippen LogP contribution in [0, 0.1) is 5.92 Å². The number of aliphatic hydroxyl groups is 1. The molecule has 0 saturated heterocycles. The molecule has 0 atom stereocenters. The van der Waals surface area contributed by atoms with Crippen LogP contribution in [0.3, 0.4) is 0 Å². The fourth-order valence-corrected chi connectivity index (χ4v) is 1.81. The predicted octanol–water partition coefficient (Wildman–Crippen LogP) is -0.281. The highest BCUT2D eigenvalue weighted by Crippen LogP contribution is 2.04. The van der Waals surface area contributed by atoms with E-state index in [9.17, 15) is 13.2 Å². The molecule has 0 aliphatic rings. The van der Waals surface area contributed by atoms with Gasteiger partial charge in [0.25, 0.3) is 0 Å². The highest BCUT2D eigenvalue weighted by Gasteiger charge is 2.25. The number of carbonyl (C=O) groups is 1. The van der Waals surface area contributed by atoms with Gasteiger partial charge < -0.3 is 14.0 Å². The number of hydrogen-bond donors (Lipinski definition) is 1. The minimum absolute atomic E-state index is 0.110. The first-order chi connectivity index (χ1) is 7.83. The van der Waals surface area contributed by atoms with Crippen molar-refractivity contribution in [3.05, 3.63) is 0 Å². The maximum atomic E-state index is 11.5. The van der Waals surface area contributed by atoms with Crippen molar-refractivity contribution in [1.82, 2.24) is 4.31 Å². The van der Waals surface area contributed by atoms with Gasteiger partial charge in [0, 0.05) is 6.54 Å². The number of aliphatic hydroxyl groups excluding tert-OH is 1. The first kappa shape index (κ1) is 16.3. The van der Waals surface area contributed by atoms with Gasteiger partial charge in [-0.1, -0.05) is 20.8 Å². The molecule has 0 aromatic heterocycles. The van der Waals surface area contributed by atoms with E-state index in [0.29, 0.717) is 6.61 Å².